The van der Waals surface area contributed by atoms with Gasteiger partial charge in [-0.05, 0) is 49.4 Å². The third kappa shape index (κ3) is 17.0. The number of hydrogen-bond donors (Lipinski definition) is 0. The molecule has 0 N–H and O–H groups in total. The molecule has 5 rings (SSSR count). The molecule has 0 nitrogen and oxygen atoms in total. The molecular formula is C37H42. The molecule has 190 valence electrons. The normalized spacial score (nSPS) is 8.76. The number of aryl methyl sites for hydroxylation is 4. The van der Waals surface area contributed by atoms with E-state index >= 15 is 0 Å². The van der Waals surface area contributed by atoms with E-state index < -0.39 is 0 Å². The third-order valence-corrected chi connectivity index (χ3v) is 5.32. The molecule has 0 aliphatic rings. The van der Waals surface area contributed by atoms with Gasteiger partial charge in [-0.25, -0.2) is 0 Å². The summed E-state index contributed by atoms with van der Waals surface area (Å²) in [5.74, 6) is 0. The highest BCUT2D eigenvalue weighted by Gasteiger charge is 1.84. The van der Waals surface area contributed by atoms with Crippen molar-refractivity contribution < 1.29 is 0 Å². The fourth-order valence-electron chi connectivity index (χ4n) is 2.88. The molecule has 0 saturated carbocycles. The van der Waals surface area contributed by atoms with Crippen molar-refractivity contribution in [3.05, 3.63) is 186 Å². The van der Waals surface area contributed by atoms with Crippen LogP contribution in [-0.4, -0.2) is 0 Å². The maximum atomic E-state index is 3.63. The molecule has 0 atom stereocenters. The standard InChI is InChI=1S/2C8H10.C8H8.C7H8.C6H6/c1-7-5-3-4-6-8(7)2;2*1-2-8-6-4-3-5-7-8;1-7-5-3-2-4-6-7;1-2-4-6-5-3-1/h3-6H,1-2H3;3-7H,2H2,1H3;2-7H,1H2;2-6H,1H3;1-6H. The first-order valence-corrected chi connectivity index (χ1v) is 12.8. The van der Waals surface area contributed by atoms with Crippen LogP contribution in [0.1, 0.15) is 34.7 Å². The minimum Gasteiger partial charge on any atom is -0.0985 e. The summed E-state index contributed by atoms with van der Waals surface area (Å²) in [5.41, 5.74) is 6.64. The van der Waals surface area contributed by atoms with Crippen molar-refractivity contribution in [3.63, 3.8) is 0 Å². The average Bonchev–Trinajstić information content (AvgIpc) is 2.98. The second-order valence-corrected chi connectivity index (χ2v) is 8.35. The molecule has 0 aliphatic heterocycles. The van der Waals surface area contributed by atoms with Crippen LogP contribution in [0.25, 0.3) is 6.08 Å². The van der Waals surface area contributed by atoms with Gasteiger partial charge in [0.2, 0.25) is 0 Å². The highest BCUT2D eigenvalue weighted by molar-refractivity contribution is 5.45. The zero-order valence-electron chi connectivity index (χ0n) is 22.9. The summed E-state index contributed by atoms with van der Waals surface area (Å²) < 4.78 is 0. The van der Waals surface area contributed by atoms with Gasteiger partial charge in [-0.15, -0.1) is 0 Å². The van der Waals surface area contributed by atoms with Gasteiger partial charge in [-0.1, -0.05) is 177 Å². The van der Waals surface area contributed by atoms with Crippen molar-refractivity contribution in [1.29, 1.82) is 0 Å². The fourth-order valence-corrected chi connectivity index (χ4v) is 2.88. The Kier molecular flexibility index (Phi) is 17.6. The lowest BCUT2D eigenvalue weighted by molar-refractivity contribution is 1.14. The Hall–Kier alpha value is -4.16. The quantitative estimate of drug-likeness (QED) is 0.233. The van der Waals surface area contributed by atoms with Crippen LogP contribution in [0.2, 0.25) is 0 Å². The molecule has 0 aromatic heterocycles. The van der Waals surface area contributed by atoms with E-state index in [1.165, 1.54) is 27.8 Å². The van der Waals surface area contributed by atoms with Crippen molar-refractivity contribution >= 4 is 6.08 Å². The maximum Gasteiger partial charge on any atom is -0.0263 e. The molecular weight excluding hydrogens is 444 g/mol. The first kappa shape index (κ1) is 30.9. The van der Waals surface area contributed by atoms with Crippen molar-refractivity contribution in [2.24, 2.45) is 0 Å². The van der Waals surface area contributed by atoms with Crippen LogP contribution >= 0.6 is 0 Å². The van der Waals surface area contributed by atoms with Crippen LogP contribution in [0.3, 0.4) is 0 Å². The molecule has 0 saturated heterocycles. The minimum atomic E-state index is 1.14. The fraction of sp³-hybridized carbons (Fsp3) is 0.135. The van der Waals surface area contributed by atoms with Gasteiger partial charge < -0.3 is 0 Å². The van der Waals surface area contributed by atoms with Crippen molar-refractivity contribution in [3.8, 4) is 0 Å². The van der Waals surface area contributed by atoms with Crippen LogP contribution in [0.5, 0.6) is 0 Å². The van der Waals surface area contributed by atoms with E-state index in [0.29, 0.717) is 0 Å². The van der Waals surface area contributed by atoms with Gasteiger partial charge in [0.15, 0.2) is 0 Å². The number of rotatable bonds is 2. The molecule has 0 unspecified atom stereocenters. The lowest BCUT2D eigenvalue weighted by Crippen LogP contribution is -1.74. The smallest absolute Gasteiger partial charge is 0.0263 e. The summed E-state index contributed by atoms with van der Waals surface area (Å²) in [6, 6.07) is 51.1. The summed E-state index contributed by atoms with van der Waals surface area (Å²) >= 11 is 0. The van der Waals surface area contributed by atoms with Gasteiger partial charge in [0.1, 0.15) is 0 Å². The molecule has 0 heterocycles. The zero-order chi connectivity index (χ0) is 27.0. The van der Waals surface area contributed by atoms with Gasteiger partial charge in [0.25, 0.3) is 0 Å². The Morgan fingerprint density at radius 2 is 0.784 bits per heavy atom. The van der Waals surface area contributed by atoms with E-state index in [4.69, 9.17) is 0 Å². The Balaban J connectivity index is 0.000000232. The Morgan fingerprint density at radius 3 is 1.03 bits per heavy atom. The monoisotopic (exact) mass is 486 g/mol. The summed E-state index contributed by atoms with van der Waals surface area (Å²) in [6.07, 6.45) is 2.97. The van der Waals surface area contributed by atoms with Gasteiger partial charge in [0.05, 0.1) is 0 Å². The SMILES string of the molecule is C=Cc1ccccc1.CCc1ccccc1.Cc1ccccc1.Cc1ccccc1C.c1ccccc1. The van der Waals surface area contributed by atoms with Crippen molar-refractivity contribution in [2.45, 2.75) is 34.1 Å². The topological polar surface area (TPSA) is 0 Å². The van der Waals surface area contributed by atoms with Gasteiger partial charge in [0, 0.05) is 0 Å². The van der Waals surface area contributed by atoms with Crippen molar-refractivity contribution in [1.82, 2.24) is 0 Å². The molecule has 5 aromatic carbocycles. The average molecular weight is 487 g/mol. The summed E-state index contributed by atoms with van der Waals surface area (Å²) in [4.78, 5) is 0. The molecule has 0 spiro atoms. The zero-order valence-corrected chi connectivity index (χ0v) is 22.9. The Labute approximate surface area is 226 Å². The first-order valence-electron chi connectivity index (χ1n) is 12.8. The van der Waals surface area contributed by atoms with E-state index in [1.54, 1.807) is 0 Å². The van der Waals surface area contributed by atoms with Gasteiger partial charge in [-0.2, -0.15) is 0 Å². The lowest BCUT2D eigenvalue weighted by Gasteiger charge is -1.93. The Morgan fingerprint density at radius 1 is 0.459 bits per heavy atom. The molecule has 0 fully saturated rings. The van der Waals surface area contributed by atoms with Crippen molar-refractivity contribution in [2.75, 3.05) is 0 Å². The van der Waals surface area contributed by atoms with E-state index in [1.807, 2.05) is 97.1 Å². The largest absolute Gasteiger partial charge is 0.0985 e. The second-order valence-electron chi connectivity index (χ2n) is 8.35. The van der Waals surface area contributed by atoms with Crippen LogP contribution in [0.4, 0.5) is 0 Å². The van der Waals surface area contributed by atoms with Crippen LogP contribution < -0.4 is 0 Å². The predicted molar refractivity (Wildman–Crippen MR) is 166 cm³/mol. The molecule has 0 amide bonds. The summed E-state index contributed by atoms with van der Waals surface area (Å²) in [5, 5.41) is 0. The van der Waals surface area contributed by atoms with E-state index in [9.17, 15) is 0 Å². The molecule has 37 heavy (non-hydrogen) atoms. The number of hydrogen-bond acceptors (Lipinski definition) is 0. The maximum absolute atomic E-state index is 3.63. The van der Waals surface area contributed by atoms with E-state index in [2.05, 4.69) is 94.9 Å². The lowest BCUT2D eigenvalue weighted by atomic mass is 10.1. The predicted octanol–water partition coefficient (Wildman–Crippen LogP) is 10.6. The summed E-state index contributed by atoms with van der Waals surface area (Å²) in [6.45, 7) is 12.1. The third-order valence-electron chi connectivity index (χ3n) is 5.32. The van der Waals surface area contributed by atoms with Crippen LogP contribution in [0.15, 0.2) is 158 Å². The van der Waals surface area contributed by atoms with E-state index in [-0.39, 0.29) is 0 Å². The highest BCUT2D eigenvalue weighted by Crippen LogP contribution is 2.02. The van der Waals surface area contributed by atoms with Crippen LogP contribution in [0, 0.1) is 20.8 Å². The molecule has 0 bridgehead atoms. The number of benzene rings is 5. The first-order chi connectivity index (χ1) is 18.1. The second kappa shape index (κ2) is 21.1. The summed E-state index contributed by atoms with van der Waals surface area (Å²) in [7, 11) is 0. The van der Waals surface area contributed by atoms with E-state index in [0.717, 1.165) is 6.42 Å². The molecule has 0 radical (unpaired) electrons. The molecule has 0 heteroatoms. The Bertz CT molecular complexity index is 1110. The van der Waals surface area contributed by atoms with Crippen LogP contribution in [-0.2, 0) is 6.42 Å². The molecule has 0 aliphatic carbocycles. The minimum absolute atomic E-state index is 1.14. The highest BCUT2D eigenvalue weighted by atomic mass is 13.9. The van der Waals surface area contributed by atoms with Gasteiger partial charge in [-0.3, -0.25) is 0 Å². The molecule has 5 aromatic rings. The van der Waals surface area contributed by atoms with Gasteiger partial charge >= 0.3 is 0 Å².